The first-order valence-corrected chi connectivity index (χ1v) is 2.54. The minimum atomic E-state index is 0.921. The van der Waals surface area contributed by atoms with Crippen molar-refractivity contribution < 1.29 is 0 Å². The molecule has 1 radical (unpaired) electrons. The molecule has 0 N–H and O–H groups in total. The van der Waals surface area contributed by atoms with Crippen LogP contribution in [0.2, 0.25) is 0 Å². The summed E-state index contributed by atoms with van der Waals surface area (Å²) in [5.74, 6) is 0. The summed E-state index contributed by atoms with van der Waals surface area (Å²) in [7, 11) is 0. The molecule has 0 saturated heterocycles. The Bertz CT molecular complexity index is 38.9. The van der Waals surface area contributed by atoms with E-state index in [-0.39, 0.29) is 0 Å². The summed E-state index contributed by atoms with van der Waals surface area (Å²) in [5, 5.41) is 0. The SMILES string of the molecule is [CH2]C(=C)SC. The first-order chi connectivity index (χ1) is 2.27. The third-order valence-corrected chi connectivity index (χ3v) is 0.866. The van der Waals surface area contributed by atoms with Crippen molar-refractivity contribution in [1.82, 2.24) is 0 Å². The molecule has 0 heterocycles. The second kappa shape index (κ2) is 2.33. The molecular formula is C4H7S. The average molecular weight is 87.2 g/mol. The van der Waals surface area contributed by atoms with Gasteiger partial charge in [-0.15, -0.1) is 11.8 Å². The van der Waals surface area contributed by atoms with Gasteiger partial charge in [0.15, 0.2) is 0 Å². The van der Waals surface area contributed by atoms with E-state index in [0.29, 0.717) is 0 Å². The van der Waals surface area contributed by atoms with Crippen LogP contribution in [0.1, 0.15) is 0 Å². The van der Waals surface area contributed by atoms with Crippen molar-refractivity contribution in [3.63, 3.8) is 0 Å². The summed E-state index contributed by atoms with van der Waals surface area (Å²) in [4.78, 5) is 0.921. The number of hydrogen-bond acceptors (Lipinski definition) is 1. The highest BCUT2D eigenvalue weighted by molar-refractivity contribution is 8.02. The molecular weight excluding hydrogens is 80.1 g/mol. The monoisotopic (exact) mass is 87.0 g/mol. The van der Waals surface area contributed by atoms with Gasteiger partial charge in [0.25, 0.3) is 0 Å². The van der Waals surface area contributed by atoms with E-state index >= 15 is 0 Å². The largest absolute Gasteiger partial charge is 0.135 e. The van der Waals surface area contributed by atoms with E-state index in [1.807, 2.05) is 6.26 Å². The van der Waals surface area contributed by atoms with Crippen LogP contribution in [0.25, 0.3) is 0 Å². The van der Waals surface area contributed by atoms with Gasteiger partial charge in [-0.05, 0) is 18.1 Å². The van der Waals surface area contributed by atoms with Crippen molar-refractivity contribution in [3.05, 3.63) is 18.4 Å². The Labute approximate surface area is 37.3 Å². The van der Waals surface area contributed by atoms with Gasteiger partial charge in [-0.25, -0.2) is 0 Å². The zero-order valence-corrected chi connectivity index (χ0v) is 4.14. The van der Waals surface area contributed by atoms with Gasteiger partial charge in [-0.1, -0.05) is 6.58 Å². The molecule has 0 aliphatic rings. The van der Waals surface area contributed by atoms with Crippen LogP contribution in [0.15, 0.2) is 11.5 Å². The highest BCUT2D eigenvalue weighted by Crippen LogP contribution is 2.02. The van der Waals surface area contributed by atoms with Crippen LogP contribution in [-0.2, 0) is 0 Å². The van der Waals surface area contributed by atoms with Crippen LogP contribution < -0.4 is 0 Å². The van der Waals surface area contributed by atoms with E-state index in [2.05, 4.69) is 13.5 Å². The summed E-state index contributed by atoms with van der Waals surface area (Å²) < 4.78 is 0. The summed E-state index contributed by atoms with van der Waals surface area (Å²) in [5.41, 5.74) is 0. The van der Waals surface area contributed by atoms with E-state index in [9.17, 15) is 0 Å². The zero-order valence-electron chi connectivity index (χ0n) is 3.32. The van der Waals surface area contributed by atoms with Gasteiger partial charge < -0.3 is 0 Å². The molecule has 0 aliphatic heterocycles. The molecule has 5 heavy (non-hydrogen) atoms. The second-order valence-corrected chi connectivity index (χ2v) is 1.73. The molecule has 0 bridgehead atoms. The van der Waals surface area contributed by atoms with Crippen LogP contribution in [0.5, 0.6) is 0 Å². The minimum absolute atomic E-state index is 0.921. The van der Waals surface area contributed by atoms with Crippen molar-refractivity contribution in [3.8, 4) is 0 Å². The maximum absolute atomic E-state index is 3.53. The van der Waals surface area contributed by atoms with Crippen LogP contribution in [0.3, 0.4) is 0 Å². The Morgan fingerprint density at radius 1 is 1.80 bits per heavy atom. The Hall–Kier alpha value is 0.0900. The lowest BCUT2D eigenvalue weighted by Gasteiger charge is -1.79. The lowest BCUT2D eigenvalue weighted by molar-refractivity contribution is 2.07. The second-order valence-electron chi connectivity index (χ2n) is 0.743. The number of allylic oxidation sites excluding steroid dienone is 1. The fourth-order valence-electron chi connectivity index (χ4n) is 0. The van der Waals surface area contributed by atoms with E-state index in [0.717, 1.165) is 4.91 Å². The first-order valence-electron chi connectivity index (χ1n) is 1.32. The topological polar surface area (TPSA) is 0 Å². The molecule has 0 fully saturated rings. The standard InChI is InChI=1S/C4H7S/c1-4(2)5-3/h1-2H2,3H3. The van der Waals surface area contributed by atoms with Crippen LogP contribution in [0, 0.1) is 6.92 Å². The van der Waals surface area contributed by atoms with Crippen molar-refractivity contribution in [1.29, 1.82) is 0 Å². The van der Waals surface area contributed by atoms with Crippen molar-refractivity contribution in [2.24, 2.45) is 0 Å². The molecule has 0 nitrogen and oxygen atoms in total. The molecule has 1 heteroatoms. The predicted molar refractivity (Wildman–Crippen MR) is 28.0 cm³/mol. The molecule has 0 aromatic heterocycles. The van der Waals surface area contributed by atoms with Crippen LogP contribution in [-0.4, -0.2) is 6.26 Å². The molecule has 0 saturated carbocycles. The van der Waals surface area contributed by atoms with Gasteiger partial charge >= 0.3 is 0 Å². The highest BCUT2D eigenvalue weighted by Gasteiger charge is 1.68. The Morgan fingerprint density at radius 3 is 2.00 bits per heavy atom. The first kappa shape index (κ1) is 5.09. The fourth-order valence-corrected chi connectivity index (χ4v) is 0. The molecule has 0 spiro atoms. The van der Waals surface area contributed by atoms with Gasteiger partial charge in [0.1, 0.15) is 0 Å². The highest BCUT2D eigenvalue weighted by atomic mass is 32.2. The van der Waals surface area contributed by atoms with Gasteiger partial charge in [-0.3, -0.25) is 0 Å². The molecule has 0 rings (SSSR count). The molecule has 0 aromatic rings. The van der Waals surface area contributed by atoms with Crippen LogP contribution >= 0.6 is 11.8 Å². The predicted octanol–water partition coefficient (Wildman–Crippen LogP) is 1.70. The molecule has 0 amide bonds. The van der Waals surface area contributed by atoms with E-state index in [1.165, 1.54) is 0 Å². The number of rotatable bonds is 1. The Kier molecular flexibility index (Phi) is 2.38. The number of thioether (sulfide) groups is 1. The summed E-state index contributed by atoms with van der Waals surface area (Å²) in [6.07, 6.45) is 1.95. The zero-order chi connectivity index (χ0) is 4.28. The third-order valence-electron chi connectivity index (χ3n) is 0.289. The maximum Gasteiger partial charge on any atom is -0.0140 e. The molecule has 29 valence electrons. The third kappa shape index (κ3) is 4.09. The number of hydrogen-bond donors (Lipinski definition) is 0. The summed E-state index contributed by atoms with van der Waals surface area (Å²) >= 11 is 1.57. The summed E-state index contributed by atoms with van der Waals surface area (Å²) in [6.45, 7) is 7.05. The van der Waals surface area contributed by atoms with Crippen molar-refractivity contribution in [2.45, 2.75) is 0 Å². The Morgan fingerprint density at radius 2 is 2.00 bits per heavy atom. The normalized spacial score (nSPS) is 7.60. The van der Waals surface area contributed by atoms with E-state index in [1.54, 1.807) is 11.8 Å². The maximum atomic E-state index is 3.53. The summed E-state index contributed by atoms with van der Waals surface area (Å²) in [6, 6.07) is 0. The fraction of sp³-hybridized carbons (Fsp3) is 0.250. The van der Waals surface area contributed by atoms with Crippen molar-refractivity contribution >= 4 is 11.8 Å². The smallest absolute Gasteiger partial charge is 0.0140 e. The average Bonchev–Trinajstić information content (AvgIpc) is 1.38. The van der Waals surface area contributed by atoms with Gasteiger partial charge in [0, 0.05) is 0 Å². The quantitative estimate of drug-likeness (QED) is 0.469. The lowest BCUT2D eigenvalue weighted by atomic mass is 10.8. The van der Waals surface area contributed by atoms with E-state index in [4.69, 9.17) is 0 Å². The minimum Gasteiger partial charge on any atom is -0.135 e. The van der Waals surface area contributed by atoms with Crippen LogP contribution in [0.4, 0.5) is 0 Å². The molecule has 0 aliphatic carbocycles. The molecule has 0 atom stereocenters. The van der Waals surface area contributed by atoms with Gasteiger partial charge in [0.05, 0.1) is 0 Å². The molecule has 0 aromatic carbocycles. The van der Waals surface area contributed by atoms with Crippen molar-refractivity contribution in [2.75, 3.05) is 6.26 Å². The molecule has 0 unspecified atom stereocenters. The van der Waals surface area contributed by atoms with Gasteiger partial charge in [-0.2, -0.15) is 0 Å². The van der Waals surface area contributed by atoms with Gasteiger partial charge in [0.2, 0.25) is 0 Å². The Balaban J connectivity index is 2.85. The van der Waals surface area contributed by atoms with E-state index < -0.39 is 0 Å². The lowest BCUT2D eigenvalue weighted by Crippen LogP contribution is -1.50.